The largest absolute Gasteiger partial charge is 0.382 e. The summed E-state index contributed by atoms with van der Waals surface area (Å²) >= 11 is 0. The molecule has 1 saturated heterocycles. The number of morpholine rings is 1. The van der Waals surface area contributed by atoms with Gasteiger partial charge in [0.15, 0.2) is 11.3 Å². The predicted molar refractivity (Wildman–Crippen MR) is 86.5 cm³/mol. The van der Waals surface area contributed by atoms with Gasteiger partial charge in [-0.05, 0) is 26.0 Å². The third-order valence-electron chi connectivity index (χ3n) is 3.12. The van der Waals surface area contributed by atoms with E-state index in [-0.39, 0.29) is 11.7 Å². The second kappa shape index (κ2) is 8.00. The Morgan fingerprint density at radius 2 is 2.14 bits per heavy atom. The van der Waals surface area contributed by atoms with Crippen LogP contribution in [0.5, 0.6) is 0 Å². The number of hydrogen-bond donors (Lipinski definition) is 2. The van der Waals surface area contributed by atoms with Gasteiger partial charge in [0.05, 0.1) is 18.3 Å². The first-order chi connectivity index (χ1) is 10.4. The van der Waals surface area contributed by atoms with Gasteiger partial charge in [0, 0.05) is 20.2 Å². The van der Waals surface area contributed by atoms with Crippen molar-refractivity contribution in [1.82, 2.24) is 9.89 Å². The summed E-state index contributed by atoms with van der Waals surface area (Å²) in [5.74, 6) is 11.7. The minimum atomic E-state index is -0.278. The Bertz CT molecular complexity index is 528. The third-order valence-corrected chi connectivity index (χ3v) is 3.12. The van der Waals surface area contributed by atoms with Crippen LogP contribution in [-0.4, -0.2) is 48.4 Å². The molecule has 0 bridgehead atoms. The molecule has 0 spiro atoms. The van der Waals surface area contributed by atoms with Crippen LogP contribution in [0.4, 0.5) is 5.82 Å². The molecule has 0 saturated carbocycles. The molecule has 2 rings (SSSR count). The molecule has 8 nitrogen and oxygen atoms in total. The molecule has 1 atom stereocenters. The molecule has 126 valence electrons. The van der Waals surface area contributed by atoms with Crippen molar-refractivity contribution >= 4 is 5.82 Å². The van der Waals surface area contributed by atoms with E-state index in [0.29, 0.717) is 18.6 Å². The lowest BCUT2D eigenvalue weighted by molar-refractivity contribution is -0.106. The summed E-state index contributed by atoms with van der Waals surface area (Å²) in [6.07, 6.45) is -0.00403. The lowest BCUT2D eigenvalue weighted by Crippen LogP contribution is -2.54. The highest BCUT2D eigenvalue weighted by Crippen LogP contribution is 2.24. The number of nitrogen functional groups attached to an aromatic ring is 1. The summed E-state index contributed by atoms with van der Waals surface area (Å²) < 4.78 is 11.2. The van der Waals surface area contributed by atoms with E-state index >= 15 is 0 Å². The topological polar surface area (TPSA) is 104 Å². The highest BCUT2D eigenvalue weighted by Gasteiger charge is 2.34. The van der Waals surface area contributed by atoms with Crippen LogP contribution in [-0.2, 0) is 9.47 Å². The Labute approximate surface area is 131 Å². The van der Waals surface area contributed by atoms with E-state index in [1.807, 2.05) is 33.8 Å². The number of nitrogens with zero attached hydrogens (tertiary/aromatic N) is 4. The Kier molecular flexibility index (Phi) is 6.63. The van der Waals surface area contributed by atoms with Gasteiger partial charge in [0.2, 0.25) is 0 Å². The van der Waals surface area contributed by atoms with Crippen molar-refractivity contribution in [2.75, 3.05) is 37.5 Å². The van der Waals surface area contributed by atoms with Gasteiger partial charge in [-0.2, -0.15) is 9.89 Å². The highest BCUT2D eigenvalue weighted by molar-refractivity contribution is 5.38. The number of rotatable bonds is 3. The maximum atomic E-state index is 5.97. The number of hydrogen-bond acceptors (Lipinski definition) is 7. The van der Waals surface area contributed by atoms with Crippen LogP contribution in [0.1, 0.15) is 27.7 Å². The second-order valence-corrected chi connectivity index (χ2v) is 5.46. The first kappa shape index (κ1) is 18.2. The molecule has 2 heterocycles. The lowest BCUT2D eigenvalue weighted by atomic mass is 10.1. The van der Waals surface area contributed by atoms with Crippen molar-refractivity contribution in [1.29, 1.82) is 0 Å². The summed E-state index contributed by atoms with van der Waals surface area (Å²) in [5.41, 5.74) is 0.133. The SMILES string of the molecule is CC.COCC1CN(c2cc/c(=N/N)n(N)n2)CC(C)(C)O1. The van der Waals surface area contributed by atoms with Gasteiger partial charge in [0.25, 0.3) is 0 Å². The molecule has 1 aromatic rings. The number of aromatic nitrogens is 2. The molecule has 0 aliphatic carbocycles. The normalized spacial score (nSPS) is 21.2. The summed E-state index contributed by atoms with van der Waals surface area (Å²) in [7, 11) is 1.67. The lowest BCUT2D eigenvalue weighted by Gasteiger charge is -2.43. The van der Waals surface area contributed by atoms with Gasteiger partial charge in [-0.1, -0.05) is 13.8 Å². The Balaban J connectivity index is 0.00000116. The van der Waals surface area contributed by atoms with Crippen LogP contribution in [0.25, 0.3) is 0 Å². The number of anilines is 1. The number of ether oxygens (including phenoxy) is 2. The average molecular weight is 312 g/mol. The fraction of sp³-hybridized carbons (Fsp3) is 0.714. The average Bonchev–Trinajstić information content (AvgIpc) is 2.48. The van der Waals surface area contributed by atoms with E-state index in [4.69, 9.17) is 21.2 Å². The summed E-state index contributed by atoms with van der Waals surface area (Å²) in [6.45, 7) is 10.0. The molecule has 1 fully saturated rings. The van der Waals surface area contributed by atoms with Crippen molar-refractivity contribution in [2.45, 2.75) is 39.4 Å². The molecular formula is C14H28N6O2. The van der Waals surface area contributed by atoms with E-state index in [1.54, 1.807) is 13.2 Å². The smallest absolute Gasteiger partial charge is 0.190 e. The molecule has 4 N–H and O–H groups in total. The second-order valence-electron chi connectivity index (χ2n) is 5.46. The molecule has 0 aromatic carbocycles. The van der Waals surface area contributed by atoms with Gasteiger partial charge in [0.1, 0.15) is 0 Å². The van der Waals surface area contributed by atoms with Crippen LogP contribution in [0.15, 0.2) is 17.2 Å². The fourth-order valence-electron chi connectivity index (χ4n) is 2.43. The van der Waals surface area contributed by atoms with E-state index in [2.05, 4.69) is 15.1 Å². The van der Waals surface area contributed by atoms with Gasteiger partial charge in [-0.3, -0.25) is 0 Å². The van der Waals surface area contributed by atoms with Gasteiger partial charge in [-0.25, -0.2) is 0 Å². The van der Waals surface area contributed by atoms with E-state index in [9.17, 15) is 0 Å². The maximum absolute atomic E-state index is 5.97. The van der Waals surface area contributed by atoms with Crippen LogP contribution >= 0.6 is 0 Å². The Morgan fingerprint density at radius 3 is 2.68 bits per heavy atom. The molecular weight excluding hydrogens is 284 g/mol. The summed E-state index contributed by atoms with van der Waals surface area (Å²) in [6, 6.07) is 3.58. The zero-order valence-corrected chi connectivity index (χ0v) is 14.1. The van der Waals surface area contributed by atoms with E-state index < -0.39 is 0 Å². The van der Waals surface area contributed by atoms with Crippen molar-refractivity contribution in [3.05, 3.63) is 17.6 Å². The molecule has 1 aliphatic rings. The zero-order valence-electron chi connectivity index (χ0n) is 14.1. The quantitative estimate of drug-likeness (QED) is 0.603. The van der Waals surface area contributed by atoms with Crippen molar-refractivity contribution in [2.24, 2.45) is 10.9 Å². The van der Waals surface area contributed by atoms with Crippen molar-refractivity contribution < 1.29 is 9.47 Å². The van der Waals surface area contributed by atoms with Crippen molar-refractivity contribution in [3.8, 4) is 0 Å². The number of methoxy groups -OCH3 is 1. The number of nitrogens with two attached hydrogens (primary N) is 2. The fourth-order valence-corrected chi connectivity index (χ4v) is 2.43. The van der Waals surface area contributed by atoms with Crippen molar-refractivity contribution in [3.63, 3.8) is 0 Å². The molecule has 1 unspecified atom stereocenters. The summed E-state index contributed by atoms with van der Waals surface area (Å²) in [5, 5.41) is 7.82. The van der Waals surface area contributed by atoms with Gasteiger partial charge >= 0.3 is 0 Å². The zero-order chi connectivity index (χ0) is 16.8. The van der Waals surface area contributed by atoms with Crippen LogP contribution in [0, 0.1) is 0 Å². The summed E-state index contributed by atoms with van der Waals surface area (Å²) in [4.78, 5) is 3.29. The maximum Gasteiger partial charge on any atom is 0.190 e. The monoisotopic (exact) mass is 312 g/mol. The van der Waals surface area contributed by atoms with Gasteiger partial charge < -0.3 is 26.1 Å². The molecule has 22 heavy (non-hydrogen) atoms. The van der Waals surface area contributed by atoms with E-state index in [0.717, 1.165) is 12.4 Å². The predicted octanol–water partition coefficient (Wildman–Crippen LogP) is 0.0277. The third kappa shape index (κ3) is 4.60. The molecule has 1 aliphatic heterocycles. The van der Waals surface area contributed by atoms with Crippen LogP contribution < -0.4 is 22.1 Å². The highest BCUT2D eigenvalue weighted by atomic mass is 16.5. The standard InChI is InChI=1S/C12H22N6O2.C2H6/c1-12(2)8-17(6-9(20-12)7-19-3)11-5-4-10(15-13)18(14)16-11;1-2/h4-5,9H,6-8,13-14H2,1-3H3;1-2H3/b15-10-;. The van der Waals surface area contributed by atoms with E-state index in [1.165, 1.54) is 4.79 Å². The molecule has 0 amide bonds. The molecule has 8 heteroatoms. The Morgan fingerprint density at radius 1 is 1.45 bits per heavy atom. The molecule has 0 radical (unpaired) electrons. The first-order valence-electron chi connectivity index (χ1n) is 7.46. The Hall–Kier alpha value is -1.80. The first-order valence-corrected chi connectivity index (χ1v) is 7.46. The minimum absolute atomic E-state index is 0.00403. The van der Waals surface area contributed by atoms with Crippen LogP contribution in [0.2, 0.25) is 0 Å². The minimum Gasteiger partial charge on any atom is -0.382 e. The van der Waals surface area contributed by atoms with Crippen LogP contribution in [0.3, 0.4) is 0 Å². The van der Waals surface area contributed by atoms with Gasteiger partial charge in [-0.15, -0.1) is 5.10 Å². The molecule has 1 aromatic heterocycles.